The van der Waals surface area contributed by atoms with Crippen molar-refractivity contribution in [1.82, 2.24) is 0 Å². The maximum absolute atomic E-state index is 9.78. The average Bonchev–Trinajstić information content (AvgIpc) is 1.86. The van der Waals surface area contributed by atoms with E-state index in [2.05, 4.69) is 8.37 Å². The van der Waals surface area contributed by atoms with Gasteiger partial charge in [0, 0.05) is 8.41 Å². The number of hydrogen-bond donors (Lipinski definition) is 0. The minimum absolute atomic E-state index is 0. The third-order valence-electron chi connectivity index (χ3n) is 0.605. The molecule has 0 spiro atoms. The Bertz CT molecular complexity index is 259. The molecule has 0 atom stereocenters. The molecule has 0 fully saturated rings. The molecule has 3 radical (unpaired) electrons. The second kappa shape index (κ2) is 7.30. The quantitative estimate of drug-likeness (QED) is 0.438. The summed E-state index contributed by atoms with van der Waals surface area (Å²) in [7, 11) is -4.08. The highest BCUT2D eigenvalue weighted by atomic mass is 32.2. The molecule has 0 bridgehead atoms. The van der Waals surface area contributed by atoms with E-state index in [1.807, 2.05) is 0 Å². The summed E-state index contributed by atoms with van der Waals surface area (Å²) in [5, 5.41) is 0. The lowest BCUT2D eigenvalue weighted by molar-refractivity contribution is 0.402. The summed E-state index contributed by atoms with van der Waals surface area (Å²) < 4.78 is 46.9. The highest BCUT2D eigenvalue weighted by molar-refractivity contribution is 7.86. The molecule has 0 aliphatic heterocycles. The van der Waals surface area contributed by atoms with Crippen molar-refractivity contribution in [2.45, 2.75) is 0 Å². The highest BCUT2D eigenvalue weighted by Gasteiger charge is 1.91. The molecule has 0 aromatic rings. The van der Waals surface area contributed by atoms with Gasteiger partial charge >= 0.3 is 0 Å². The monoisotopic (exact) mass is 231 g/mol. The minimum Gasteiger partial charge on any atom is -0.274 e. The van der Waals surface area contributed by atoms with Crippen LogP contribution in [0.25, 0.3) is 0 Å². The van der Waals surface area contributed by atoms with Gasteiger partial charge < -0.3 is 0 Å². The SMILES string of the molecule is COS(C)(=O)=O.COS(C)(=O)=O.[B]. The molecule has 0 heterocycles. The molecule has 0 aromatic heterocycles. The second-order valence-corrected chi connectivity index (χ2v) is 5.22. The van der Waals surface area contributed by atoms with E-state index >= 15 is 0 Å². The van der Waals surface area contributed by atoms with Gasteiger partial charge in [0.1, 0.15) is 0 Å². The van der Waals surface area contributed by atoms with Crippen molar-refractivity contribution in [3.05, 3.63) is 0 Å². The molecular formula is C4H12BO6S2. The zero-order valence-electron chi connectivity index (χ0n) is 7.84. The van der Waals surface area contributed by atoms with Gasteiger partial charge in [-0.05, 0) is 0 Å². The first-order valence-electron chi connectivity index (χ1n) is 2.63. The molecule has 0 amide bonds. The smallest absolute Gasteiger partial charge is 0.264 e. The van der Waals surface area contributed by atoms with Crippen LogP contribution >= 0.6 is 0 Å². The van der Waals surface area contributed by atoms with E-state index in [4.69, 9.17) is 0 Å². The lowest BCUT2D eigenvalue weighted by Gasteiger charge is -1.84. The molecule has 13 heavy (non-hydrogen) atoms. The van der Waals surface area contributed by atoms with E-state index in [1.165, 1.54) is 0 Å². The Morgan fingerprint density at radius 1 is 0.769 bits per heavy atom. The predicted molar refractivity (Wildman–Crippen MR) is 49.5 cm³/mol. The molecule has 0 saturated carbocycles. The van der Waals surface area contributed by atoms with Gasteiger partial charge in [0.05, 0.1) is 26.7 Å². The van der Waals surface area contributed by atoms with Gasteiger partial charge in [0.2, 0.25) is 0 Å². The van der Waals surface area contributed by atoms with Crippen molar-refractivity contribution in [3.63, 3.8) is 0 Å². The normalized spacial score (nSPS) is 10.8. The van der Waals surface area contributed by atoms with Crippen molar-refractivity contribution in [2.75, 3.05) is 26.7 Å². The predicted octanol–water partition coefficient (Wildman–Crippen LogP) is -1.20. The van der Waals surface area contributed by atoms with Gasteiger partial charge in [-0.3, -0.25) is 8.37 Å². The van der Waals surface area contributed by atoms with E-state index in [9.17, 15) is 16.8 Å². The molecule has 6 nitrogen and oxygen atoms in total. The molecule has 0 aliphatic rings. The van der Waals surface area contributed by atoms with Crippen LogP contribution < -0.4 is 0 Å². The molecule has 9 heteroatoms. The topological polar surface area (TPSA) is 86.7 Å². The van der Waals surface area contributed by atoms with Crippen LogP contribution in [0.4, 0.5) is 0 Å². The third-order valence-corrected chi connectivity index (χ3v) is 1.82. The van der Waals surface area contributed by atoms with Crippen molar-refractivity contribution in [2.24, 2.45) is 0 Å². The first kappa shape index (κ1) is 18.6. The van der Waals surface area contributed by atoms with Crippen molar-refractivity contribution >= 4 is 28.6 Å². The van der Waals surface area contributed by atoms with Crippen LogP contribution in [0.1, 0.15) is 0 Å². The summed E-state index contributed by atoms with van der Waals surface area (Å²) in [6.07, 6.45) is 1.99. The van der Waals surface area contributed by atoms with Gasteiger partial charge in [-0.15, -0.1) is 0 Å². The van der Waals surface area contributed by atoms with Crippen LogP contribution in [-0.2, 0) is 28.6 Å². The number of rotatable bonds is 2. The van der Waals surface area contributed by atoms with Crippen LogP contribution in [0.5, 0.6) is 0 Å². The minimum atomic E-state index is -3.16. The van der Waals surface area contributed by atoms with Crippen LogP contribution in [0.3, 0.4) is 0 Å². The molecule has 0 unspecified atom stereocenters. The van der Waals surface area contributed by atoms with E-state index in [1.54, 1.807) is 0 Å². The average molecular weight is 231 g/mol. The van der Waals surface area contributed by atoms with Crippen LogP contribution in [0.2, 0.25) is 0 Å². The Kier molecular flexibility index (Phi) is 10.5. The Hall–Kier alpha value is -0.115. The Balaban J connectivity index is -0.000000143. The summed E-state index contributed by atoms with van der Waals surface area (Å²) in [5.74, 6) is 0. The maximum Gasteiger partial charge on any atom is 0.264 e. The lowest BCUT2D eigenvalue weighted by Crippen LogP contribution is -1.95. The van der Waals surface area contributed by atoms with Gasteiger partial charge in [-0.2, -0.15) is 16.8 Å². The molecule has 79 valence electrons. The molecule has 0 aromatic carbocycles. The van der Waals surface area contributed by atoms with E-state index in [-0.39, 0.29) is 8.41 Å². The zero-order chi connectivity index (χ0) is 10.4. The van der Waals surface area contributed by atoms with Crippen molar-refractivity contribution < 1.29 is 25.2 Å². The summed E-state index contributed by atoms with van der Waals surface area (Å²) >= 11 is 0. The van der Waals surface area contributed by atoms with Crippen molar-refractivity contribution in [1.29, 1.82) is 0 Å². The van der Waals surface area contributed by atoms with E-state index in [0.29, 0.717) is 0 Å². The second-order valence-electron chi connectivity index (χ2n) is 1.74. The molecule has 0 saturated heterocycles. The fourth-order valence-corrected chi connectivity index (χ4v) is 0. The van der Waals surface area contributed by atoms with Crippen LogP contribution in [0.15, 0.2) is 0 Å². The first-order valence-corrected chi connectivity index (χ1v) is 6.27. The summed E-state index contributed by atoms with van der Waals surface area (Å²) in [6.45, 7) is 0. The van der Waals surface area contributed by atoms with Gasteiger partial charge in [-0.25, -0.2) is 0 Å². The summed E-state index contributed by atoms with van der Waals surface area (Å²) in [4.78, 5) is 0. The third kappa shape index (κ3) is 33.5. The zero-order valence-corrected chi connectivity index (χ0v) is 9.48. The molecule has 0 aliphatic carbocycles. The fourth-order valence-electron chi connectivity index (χ4n) is 0. The van der Waals surface area contributed by atoms with Gasteiger partial charge in [-0.1, -0.05) is 0 Å². The van der Waals surface area contributed by atoms with Crippen molar-refractivity contribution in [3.8, 4) is 0 Å². The molecule has 0 N–H and O–H groups in total. The van der Waals surface area contributed by atoms with E-state index < -0.39 is 20.2 Å². The lowest BCUT2D eigenvalue weighted by atomic mass is 10.8. The summed E-state index contributed by atoms with van der Waals surface area (Å²) in [5.41, 5.74) is 0. The first-order chi connectivity index (χ1) is 5.12. The number of hydrogen-bond acceptors (Lipinski definition) is 6. The summed E-state index contributed by atoms with van der Waals surface area (Å²) in [6, 6.07) is 0. The molecule has 0 rings (SSSR count). The standard InChI is InChI=1S/2C2H6O3S.B/c2*1-5-6(2,3)4;/h2*1-2H3;. The fraction of sp³-hybridized carbons (Fsp3) is 1.00. The largest absolute Gasteiger partial charge is 0.274 e. The molecular weight excluding hydrogens is 219 g/mol. The van der Waals surface area contributed by atoms with Gasteiger partial charge in [0.25, 0.3) is 20.2 Å². The van der Waals surface area contributed by atoms with Crippen LogP contribution in [0, 0.1) is 0 Å². The highest BCUT2D eigenvalue weighted by Crippen LogP contribution is 1.76. The Morgan fingerprint density at radius 3 is 0.846 bits per heavy atom. The van der Waals surface area contributed by atoms with Gasteiger partial charge in [0.15, 0.2) is 0 Å². The van der Waals surface area contributed by atoms with E-state index in [0.717, 1.165) is 26.7 Å². The Labute approximate surface area is 81.1 Å². The maximum atomic E-state index is 9.78. The Morgan fingerprint density at radius 2 is 0.846 bits per heavy atom. The van der Waals surface area contributed by atoms with Crippen LogP contribution in [-0.4, -0.2) is 52.0 Å².